The fourth-order valence-electron chi connectivity index (χ4n) is 3.51. The Labute approximate surface area is 124 Å². The lowest BCUT2D eigenvalue weighted by Crippen LogP contribution is -2.44. The molecule has 3 unspecified atom stereocenters. The molecule has 0 bridgehead atoms. The van der Waals surface area contributed by atoms with Crippen molar-refractivity contribution in [3.8, 4) is 0 Å². The summed E-state index contributed by atoms with van der Waals surface area (Å²) in [5, 5.41) is 0. The van der Waals surface area contributed by atoms with Gasteiger partial charge in [0.1, 0.15) is 0 Å². The highest BCUT2D eigenvalue weighted by molar-refractivity contribution is 5.22. The summed E-state index contributed by atoms with van der Waals surface area (Å²) >= 11 is 0. The molecule has 112 valence electrons. The van der Waals surface area contributed by atoms with Gasteiger partial charge >= 0.3 is 0 Å². The third kappa shape index (κ3) is 3.83. The van der Waals surface area contributed by atoms with E-state index >= 15 is 0 Å². The lowest BCUT2D eigenvalue weighted by atomic mass is 9.78. The molecule has 0 radical (unpaired) electrons. The Morgan fingerprint density at radius 3 is 2.40 bits per heavy atom. The van der Waals surface area contributed by atoms with Crippen LogP contribution in [0.4, 0.5) is 0 Å². The Balaban J connectivity index is 1.99. The average Bonchev–Trinajstić information content (AvgIpc) is 2.48. The van der Waals surface area contributed by atoms with Crippen LogP contribution in [0.5, 0.6) is 0 Å². The Morgan fingerprint density at radius 1 is 1.15 bits per heavy atom. The van der Waals surface area contributed by atoms with Gasteiger partial charge < -0.3 is 5.73 Å². The maximum Gasteiger partial charge on any atom is 0.0233 e. The van der Waals surface area contributed by atoms with Crippen molar-refractivity contribution in [3.05, 3.63) is 35.4 Å². The molecular weight excluding hydrogens is 244 g/mol. The Bertz CT molecular complexity index is 398. The molecule has 0 amide bonds. The van der Waals surface area contributed by atoms with Crippen LogP contribution in [0.15, 0.2) is 24.3 Å². The van der Waals surface area contributed by atoms with E-state index in [1.165, 1.54) is 30.4 Å². The first-order valence-corrected chi connectivity index (χ1v) is 8.12. The van der Waals surface area contributed by atoms with E-state index in [1.54, 1.807) is 0 Å². The molecule has 0 aromatic heterocycles. The number of nitrogens with two attached hydrogens (primary N) is 1. The molecule has 2 rings (SSSR count). The zero-order valence-electron chi connectivity index (χ0n) is 13.3. The number of hydrogen-bond acceptors (Lipinski definition) is 2. The maximum atomic E-state index is 5.98. The quantitative estimate of drug-likeness (QED) is 0.891. The average molecular weight is 274 g/mol. The van der Waals surface area contributed by atoms with Crippen molar-refractivity contribution >= 4 is 0 Å². The van der Waals surface area contributed by atoms with E-state index in [1.807, 2.05) is 0 Å². The predicted octanol–water partition coefficient (Wildman–Crippen LogP) is 3.44. The molecule has 2 nitrogen and oxygen atoms in total. The third-order valence-electron chi connectivity index (χ3n) is 4.95. The number of hydrogen-bond donors (Lipinski definition) is 1. The zero-order valence-corrected chi connectivity index (χ0v) is 13.3. The van der Waals surface area contributed by atoms with Gasteiger partial charge in [0.05, 0.1) is 0 Å². The largest absolute Gasteiger partial charge is 0.330 e. The van der Waals surface area contributed by atoms with Crippen LogP contribution in [0.2, 0.25) is 0 Å². The molecule has 2 heteroatoms. The Morgan fingerprint density at radius 2 is 1.80 bits per heavy atom. The Kier molecular flexibility index (Phi) is 5.62. The summed E-state index contributed by atoms with van der Waals surface area (Å²) < 4.78 is 0. The van der Waals surface area contributed by atoms with Gasteiger partial charge in [-0.05, 0) is 55.8 Å². The molecular formula is C18H30N2. The highest BCUT2D eigenvalue weighted by Gasteiger charge is 2.30. The van der Waals surface area contributed by atoms with Crippen molar-refractivity contribution in [2.75, 3.05) is 13.6 Å². The molecule has 3 atom stereocenters. The highest BCUT2D eigenvalue weighted by atomic mass is 15.1. The van der Waals surface area contributed by atoms with Gasteiger partial charge in [-0.15, -0.1) is 0 Å². The number of nitrogens with zero attached hydrogens (tertiary/aromatic N) is 1. The summed E-state index contributed by atoms with van der Waals surface area (Å²) in [5.41, 5.74) is 8.82. The van der Waals surface area contributed by atoms with Gasteiger partial charge in [0.2, 0.25) is 0 Å². The lowest BCUT2D eigenvalue weighted by Gasteiger charge is -2.40. The molecule has 0 aliphatic heterocycles. The second-order valence-corrected chi connectivity index (χ2v) is 6.57. The van der Waals surface area contributed by atoms with E-state index < -0.39 is 0 Å². The van der Waals surface area contributed by atoms with Crippen molar-refractivity contribution in [2.45, 2.75) is 52.1 Å². The van der Waals surface area contributed by atoms with Crippen LogP contribution in [0.3, 0.4) is 0 Å². The van der Waals surface area contributed by atoms with Gasteiger partial charge in [-0.1, -0.05) is 44.5 Å². The van der Waals surface area contributed by atoms with Crippen LogP contribution in [-0.4, -0.2) is 24.5 Å². The fourth-order valence-corrected chi connectivity index (χ4v) is 3.51. The van der Waals surface area contributed by atoms with Gasteiger partial charge in [0.15, 0.2) is 0 Å². The van der Waals surface area contributed by atoms with Crippen LogP contribution in [0.25, 0.3) is 0 Å². The molecule has 1 aromatic rings. The normalized spacial score (nSPS) is 26.9. The summed E-state index contributed by atoms with van der Waals surface area (Å²) in [4.78, 5) is 2.52. The zero-order chi connectivity index (χ0) is 14.5. The van der Waals surface area contributed by atoms with Crippen molar-refractivity contribution in [2.24, 2.45) is 17.6 Å². The summed E-state index contributed by atoms with van der Waals surface area (Å²) in [6.45, 7) is 6.45. The van der Waals surface area contributed by atoms with Crippen LogP contribution >= 0.6 is 0 Å². The summed E-state index contributed by atoms with van der Waals surface area (Å²) in [5.74, 6) is 1.51. The van der Waals surface area contributed by atoms with E-state index in [-0.39, 0.29) is 0 Å². The standard InChI is InChI=1S/C18H30N2/c1-4-15-6-8-16(9-7-15)13-20(3)18-11-14(2)5-10-17(18)12-19/h6-9,14,17-18H,4-5,10-13,19H2,1-3H3. The molecule has 0 spiro atoms. The number of rotatable bonds is 5. The second kappa shape index (κ2) is 7.24. The molecule has 20 heavy (non-hydrogen) atoms. The second-order valence-electron chi connectivity index (χ2n) is 6.57. The van der Waals surface area contributed by atoms with Gasteiger partial charge in [0, 0.05) is 12.6 Å². The predicted molar refractivity (Wildman–Crippen MR) is 86.6 cm³/mol. The third-order valence-corrected chi connectivity index (χ3v) is 4.95. The minimum Gasteiger partial charge on any atom is -0.330 e. The monoisotopic (exact) mass is 274 g/mol. The van der Waals surface area contributed by atoms with E-state index in [0.717, 1.165) is 25.4 Å². The molecule has 2 N–H and O–H groups in total. The molecule has 1 aromatic carbocycles. The molecule has 0 heterocycles. The van der Waals surface area contributed by atoms with E-state index in [9.17, 15) is 0 Å². The van der Waals surface area contributed by atoms with E-state index in [0.29, 0.717) is 12.0 Å². The van der Waals surface area contributed by atoms with Crippen molar-refractivity contribution in [3.63, 3.8) is 0 Å². The first-order valence-electron chi connectivity index (χ1n) is 8.12. The molecule has 0 saturated heterocycles. The first kappa shape index (κ1) is 15.5. The summed E-state index contributed by atoms with van der Waals surface area (Å²) in [7, 11) is 2.26. The summed E-state index contributed by atoms with van der Waals surface area (Å²) in [6.07, 6.45) is 5.05. The van der Waals surface area contributed by atoms with Gasteiger partial charge in [0.25, 0.3) is 0 Å². The lowest BCUT2D eigenvalue weighted by molar-refractivity contribution is 0.103. The molecule has 1 fully saturated rings. The van der Waals surface area contributed by atoms with E-state index in [2.05, 4.69) is 50.1 Å². The molecule has 1 aliphatic carbocycles. The van der Waals surface area contributed by atoms with Gasteiger partial charge in [-0.2, -0.15) is 0 Å². The first-order chi connectivity index (χ1) is 9.63. The van der Waals surface area contributed by atoms with Gasteiger partial charge in [-0.3, -0.25) is 4.90 Å². The minimum atomic E-state index is 0.648. The van der Waals surface area contributed by atoms with Gasteiger partial charge in [-0.25, -0.2) is 0 Å². The van der Waals surface area contributed by atoms with Crippen molar-refractivity contribution in [1.82, 2.24) is 4.90 Å². The highest BCUT2D eigenvalue weighted by Crippen LogP contribution is 2.31. The number of benzene rings is 1. The van der Waals surface area contributed by atoms with Crippen molar-refractivity contribution in [1.29, 1.82) is 0 Å². The number of aryl methyl sites for hydroxylation is 1. The SMILES string of the molecule is CCc1ccc(CN(C)C2CC(C)CCC2CN)cc1. The minimum absolute atomic E-state index is 0.648. The smallest absolute Gasteiger partial charge is 0.0233 e. The maximum absolute atomic E-state index is 5.98. The fraction of sp³-hybridized carbons (Fsp3) is 0.667. The van der Waals surface area contributed by atoms with Crippen molar-refractivity contribution < 1.29 is 0 Å². The molecule has 1 saturated carbocycles. The van der Waals surface area contributed by atoms with Crippen LogP contribution in [-0.2, 0) is 13.0 Å². The van der Waals surface area contributed by atoms with Crippen LogP contribution < -0.4 is 5.73 Å². The molecule has 1 aliphatic rings. The van der Waals surface area contributed by atoms with E-state index in [4.69, 9.17) is 5.73 Å². The Hall–Kier alpha value is -0.860. The van der Waals surface area contributed by atoms with Crippen LogP contribution in [0, 0.1) is 11.8 Å². The van der Waals surface area contributed by atoms with Crippen LogP contribution in [0.1, 0.15) is 44.2 Å². The summed E-state index contributed by atoms with van der Waals surface area (Å²) in [6, 6.07) is 9.72. The topological polar surface area (TPSA) is 29.3 Å².